The van der Waals surface area contributed by atoms with E-state index in [9.17, 15) is 4.79 Å². The summed E-state index contributed by atoms with van der Waals surface area (Å²) in [4.78, 5) is 13.3. The number of amides is 1. The molecule has 1 fully saturated rings. The van der Waals surface area contributed by atoms with Gasteiger partial charge in [0.05, 0.1) is 13.2 Å². The summed E-state index contributed by atoms with van der Waals surface area (Å²) in [5.41, 5.74) is 0.846. The van der Waals surface area contributed by atoms with Crippen molar-refractivity contribution >= 4 is 22.4 Å². The predicted molar refractivity (Wildman–Crippen MR) is 64.9 cm³/mol. The number of nitrogens with zero attached hydrogens (tertiary/aromatic N) is 3. The van der Waals surface area contributed by atoms with Gasteiger partial charge in [0.15, 0.2) is 0 Å². The zero-order chi connectivity index (χ0) is 12.1. The summed E-state index contributed by atoms with van der Waals surface area (Å²) >= 11 is 1.34. The Bertz CT molecular complexity index is 382. The third-order valence-corrected chi connectivity index (χ3v) is 3.24. The van der Waals surface area contributed by atoms with E-state index in [1.165, 1.54) is 11.5 Å². The summed E-state index contributed by atoms with van der Waals surface area (Å²) in [5.74, 6) is 0.0192. The van der Waals surface area contributed by atoms with Gasteiger partial charge >= 0.3 is 0 Å². The second-order valence-electron chi connectivity index (χ2n) is 3.84. The SMILES string of the molecule is CCCNc1snnc1CN1CCOCC1=O. The van der Waals surface area contributed by atoms with E-state index in [0.717, 1.165) is 23.7 Å². The van der Waals surface area contributed by atoms with Crippen molar-refractivity contribution in [3.05, 3.63) is 5.69 Å². The van der Waals surface area contributed by atoms with Crippen molar-refractivity contribution < 1.29 is 9.53 Å². The molecule has 0 radical (unpaired) electrons. The Morgan fingerprint density at radius 1 is 1.59 bits per heavy atom. The van der Waals surface area contributed by atoms with Crippen LogP contribution < -0.4 is 5.32 Å². The minimum atomic E-state index is 0.0192. The van der Waals surface area contributed by atoms with Crippen molar-refractivity contribution in [1.29, 1.82) is 0 Å². The maximum atomic E-state index is 11.6. The molecule has 0 spiro atoms. The number of aromatic nitrogens is 2. The Balaban J connectivity index is 1.97. The van der Waals surface area contributed by atoms with Crippen LogP contribution in [0.15, 0.2) is 0 Å². The number of hydrogen-bond acceptors (Lipinski definition) is 6. The summed E-state index contributed by atoms with van der Waals surface area (Å²) in [7, 11) is 0. The van der Waals surface area contributed by atoms with Gasteiger partial charge in [-0.1, -0.05) is 11.4 Å². The first-order valence-electron chi connectivity index (χ1n) is 5.72. The van der Waals surface area contributed by atoms with E-state index in [0.29, 0.717) is 19.7 Å². The molecule has 0 bridgehead atoms. The van der Waals surface area contributed by atoms with E-state index < -0.39 is 0 Å². The van der Waals surface area contributed by atoms with Gasteiger partial charge in [-0.05, 0) is 6.42 Å². The highest BCUT2D eigenvalue weighted by Crippen LogP contribution is 2.19. The molecule has 0 aliphatic carbocycles. The topological polar surface area (TPSA) is 67.3 Å². The predicted octanol–water partition coefficient (Wildman–Crippen LogP) is 0.719. The first kappa shape index (κ1) is 12.3. The van der Waals surface area contributed by atoms with Crippen LogP contribution >= 0.6 is 11.5 Å². The summed E-state index contributed by atoms with van der Waals surface area (Å²) in [6, 6.07) is 0. The highest BCUT2D eigenvalue weighted by Gasteiger charge is 2.21. The van der Waals surface area contributed by atoms with Crippen LogP contribution in [0.2, 0.25) is 0 Å². The molecule has 1 aromatic rings. The molecule has 1 aromatic heterocycles. The molecular formula is C10H16N4O2S. The van der Waals surface area contributed by atoms with E-state index in [1.54, 1.807) is 4.90 Å². The van der Waals surface area contributed by atoms with Gasteiger partial charge in [-0.3, -0.25) is 4.79 Å². The Labute approximate surface area is 104 Å². The Morgan fingerprint density at radius 2 is 2.47 bits per heavy atom. The van der Waals surface area contributed by atoms with Crippen LogP contribution in [0, 0.1) is 0 Å². The van der Waals surface area contributed by atoms with E-state index in [4.69, 9.17) is 4.74 Å². The molecule has 94 valence electrons. The molecule has 2 heterocycles. The molecule has 1 aliphatic heterocycles. The van der Waals surface area contributed by atoms with Crippen LogP contribution in [0.3, 0.4) is 0 Å². The monoisotopic (exact) mass is 256 g/mol. The van der Waals surface area contributed by atoms with Crippen molar-refractivity contribution in [1.82, 2.24) is 14.5 Å². The van der Waals surface area contributed by atoms with Gasteiger partial charge in [-0.25, -0.2) is 0 Å². The second-order valence-corrected chi connectivity index (χ2v) is 4.60. The first-order chi connectivity index (χ1) is 8.31. The van der Waals surface area contributed by atoms with Crippen LogP contribution in [-0.2, 0) is 16.1 Å². The lowest BCUT2D eigenvalue weighted by molar-refractivity contribution is -0.143. The lowest BCUT2D eigenvalue weighted by Crippen LogP contribution is -2.41. The maximum absolute atomic E-state index is 11.6. The van der Waals surface area contributed by atoms with Crippen LogP contribution in [0.4, 0.5) is 5.00 Å². The Morgan fingerprint density at radius 3 is 3.24 bits per heavy atom. The van der Waals surface area contributed by atoms with Crippen LogP contribution in [-0.4, -0.2) is 46.7 Å². The number of morpholine rings is 1. The van der Waals surface area contributed by atoms with Crippen LogP contribution in [0.5, 0.6) is 0 Å². The lowest BCUT2D eigenvalue weighted by atomic mass is 10.3. The standard InChI is InChI=1S/C10H16N4O2S/c1-2-3-11-10-8(12-13-17-10)6-14-4-5-16-7-9(14)15/h11H,2-7H2,1H3. The quantitative estimate of drug-likeness (QED) is 0.840. The molecule has 2 rings (SSSR count). The van der Waals surface area contributed by atoms with Crippen molar-refractivity contribution in [2.75, 3.05) is 31.6 Å². The van der Waals surface area contributed by atoms with Gasteiger partial charge in [0.1, 0.15) is 17.3 Å². The third-order valence-electron chi connectivity index (χ3n) is 2.52. The van der Waals surface area contributed by atoms with E-state index in [2.05, 4.69) is 21.8 Å². The fourth-order valence-electron chi connectivity index (χ4n) is 1.58. The zero-order valence-corrected chi connectivity index (χ0v) is 10.6. The molecule has 1 N–H and O–H groups in total. The van der Waals surface area contributed by atoms with Crippen LogP contribution in [0.25, 0.3) is 0 Å². The Hall–Kier alpha value is -1.21. The maximum Gasteiger partial charge on any atom is 0.249 e. The number of nitrogens with one attached hydrogen (secondary N) is 1. The minimum absolute atomic E-state index is 0.0192. The van der Waals surface area contributed by atoms with Crippen molar-refractivity contribution in [2.24, 2.45) is 0 Å². The van der Waals surface area contributed by atoms with Gasteiger partial charge in [-0.2, -0.15) is 0 Å². The summed E-state index contributed by atoms with van der Waals surface area (Å²) in [5, 5.41) is 8.30. The third kappa shape index (κ3) is 3.13. The molecular weight excluding hydrogens is 240 g/mol. The molecule has 0 saturated carbocycles. The minimum Gasteiger partial charge on any atom is -0.374 e. The van der Waals surface area contributed by atoms with Gasteiger partial charge in [0.2, 0.25) is 5.91 Å². The molecule has 1 aliphatic rings. The van der Waals surface area contributed by atoms with E-state index >= 15 is 0 Å². The van der Waals surface area contributed by atoms with E-state index in [1.807, 2.05) is 0 Å². The smallest absolute Gasteiger partial charge is 0.249 e. The Kier molecular flexibility index (Phi) is 4.27. The van der Waals surface area contributed by atoms with Crippen LogP contribution in [0.1, 0.15) is 19.0 Å². The molecule has 0 unspecified atom stereocenters. The van der Waals surface area contributed by atoms with Gasteiger partial charge in [0, 0.05) is 24.6 Å². The average Bonchev–Trinajstić information content (AvgIpc) is 2.77. The second kappa shape index (κ2) is 5.92. The molecule has 7 heteroatoms. The van der Waals surface area contributed by atoms with Crippen molar-refractivity contribution in [3.63, 3.8) is 0 Å². The van der Waals surface area contributed by atoms with Gasteiger partial charge < -0.3 is 15.0 Å². The van der Waals surface area contributed by atoms with Crippen molar-refractivity contribution in [2.45, 2.75) is 19.9 Å². The molecule has 1 saturated heterocycles. The fourth-order valence-corrected chi connectivity index (χ4v) is 2.18. The fraction of sp³-hybridized carbons (Fsp3) is 0.700. The van der Waals surface area contributed by atoms with Gasteiger partial charge in [0.25, 0.3) is 0 Å². The molecule has 0 atom stereocenters. The number of carbonyl (C=O) groups is 1. The summed E-state index contributed by atoms with van der Waals surface area (Å²) < 4.78 is 9.01. The largest absolute Gasteiger partial charge is 0.374 e. The highest BCUT2D eigenvalue weighted by molar-refractivity contribution is 7.10. The molecule has 0 aromatic carbocycles. The number of ether oxygens (including phenoxy) is 1. The van der Waals surface area contributed by atoms with E-state index in [-0.39, 0.29) is 12.5 Å². The average molecular weight is 256 g/mol. The number of anilines is 1. The normalized spacial score (nSPS) is 16.3. The first-order valence-corrected chi connectivity index (χ1v) is 6.49. The summed E-state index contributed by atoms with van der Waals surface area (Å²) in [6.45, 7) is 4.92. The van der Waals surface area contributed by atoms with Crippen molar-refractivity contribution in [3.8, 4) is 0 Å². The lowest BCUT2D eigenvalue weighted by Gasteiger charge is -2.26. The number of hydrogen-bond donors (Lipinski definition) is 1. The molecule has 17 heavy (non-hydrogen) atoms. The highest BCUT2D eigenvalue weighted by atomic mass is 32.1. The summed E-state index contributed by atoms with van der Waals surface area (Å²) in [6.07, 6.45) is 1.05. The number of carbonyl (C=O) groups excluding carboxylic acids is 1. The molecule has 1 amide bonds. The number of rotatable bonds is 5. The van der Waals surface area contributed by atoms with Gasteiger partial charge in [-0.15, -0.1) is 5.10 Å². The zero-order valence-electron chi connectivity index (χ0n) is 9.81. The molecule has 6 nitrogen and oxygen atoms in total.